The van der Waals surface area contributed by atoms with Gasteiger partial charge < -0.3 is 9.73 Å². The lowest BCUT2D eigenvalue weighted by molar-refractivity contribution is -0.115. The molecule has 1 N–H and O–H groups in total. The monoisotopic (exact) mass is 328 g/mol. The maximum absolute atomic E-state index is 12.2. The van der Waals surface area contributed by atoms with Crippen LogP contribution in [0.4, 0.5) is 5.69 Å². The average Bonchev–Trinajstić information content (AvgIpc) is 3.06. The molecule has 0 aliphatic rings. The third-order valence-electron chi connectivity index (χ3n) is 3.90. The van der Waals surface area contributed by atoms with Crippen molar-refractivity contribution in [3.63, 3.8) is 0 Å². The molecule has 4 nitrogen and oxygen atoms in total. The Kier molecular flexibility index (Phi) is 4.01. The van der Waals surface area contributed by atoms with Crippen molar-refractivity contribution in [2.75, 3.05) is 5.32 Å². The van der Waals surface area contributed by atoms with Crippen LogP contribution in [-0.4, -0.2) is 10.9 Å². The first-order valence-electron chi connectivity index (χ1n) is 8.08. The number of fused-ring (bicyclic) bond motifs is 1. The molecule has 3 aromatic carbocycles. The highest BCUT2D eigenvalue weighted by Gasteiger charge is 2.10. The lowest BCUT2D eigenvalue weighted by Gasteiger charge is -2.04. The fourth-order valence-corrected chi connectivity index (χ4v) is 2.70. The Bertz CT molecular complexity index is 1010. The third kappa shape index (κ3) is 3.43. The molecule has 25 heavy (non-hydrogen) atoms. The molecule has 0 spiro atoms. The van der Waals surface area contributed by atoms with E-state index in [1.807, 2.05) is 78.9 Å². The maximum atomic E-state index is 12.2. The highest BCUT2D eigenvalue weighted by atomic mass is 16.3. The summed E-state index contributed by atoms with van der Waals surface area (Å²) in [6, 6.07) is 24.9. The minimum Gasteiger partial charge on any atom is -0.436 e. The number of benzene rings is 3. The first-order chi connectivity index (χ1) is 12.3. The van der Waals surface area contributed by atoms with Crippen LogP contribution in [0, 0.1) is 0 Å². The molecule has 4 heteroatoms. The van der Waals surface area contributed by atoms with Gasteiger partial charge in [-0.2, -0.15) is 0 Å². The Labute approximate surface area is 145 Å². The van der Waals surface area contributed by atoms with Crippen LogP contribution in [0.2, 0.25) is 0 Å². The third-order valence-corrected chi connectivity index (χ3v) is 3.90. The quantitative estimate of drug-likeness (QED) is 0.592. The minimum absolute atomic E-state index is 0.0580. The number of carbonyl (C=O) groups is 1. The molecule has 122 valence electrons. The molecule has 0 saturated heterocycles. The molecule has 0 aliphatic heterocycles. The molecule has 0 fully saturated rings. The van der Waals surface area contributed by atoms with E-state index in [0.29, 0.717) is 23.6 Å². The Balaban J connectivity index is 1.54. The molecule has 1 aromatic heterocycles. The summed E-state index contributed by atoms with van der Waals surface area (Å²) in [6.45, 7) is 0. The molecule has 0 bridgehead atoms. The standard InChI is InChI=1S/C21H16N2O2/c24-20(13-15-7-3-1-4-8-15)22-17-11-12-19-18(14-17)23-21(25-19)16-9-5-2-6-10-16/h1-12,14H,13H2,(H,22,24). The zero-order valence-corrected chi connectivity index (χ0v) is 13.5. The van der Waals surface area contributed by atoms with Gasteiger partial charge in [-0.25, -0.2) is 4.98 Å². The van der Waals surface area contributed by atoms with Gasteiger partial charge in [0.1, 0.15) is 5.52 Å². The van der Waals surface area contributed by atoms with Gasteiger partial charge in [0, 0.05) is 11.3 Å². The number of nitrogens with one attached hydrogen (secondary N) is 1. The van der Waals surface area contributed by atoms with E-state index in [0.717, 1.165) is 16.6 Å². The number of carbonyl (C=O) groups excluding carboxylic acids is 1. The second-order valence-electron chi connectivity index (χ2n) is 5.78. The molecule has 0 aliphatic carbocycles. The van der Waals surface area contributed by atoms with Gasteiger partial charge >= 0.3 is 0 Å². The molecule has 0 radical (unpaired) electrons. The van der Waals surface area contributed by atoms with Crippen LogP contribution in [0.15, 0.2) is 83.3 Å². The van der Waals surface area contributed by atoms with E-state index in [1.165, 1.54) is 0 Å². The fourth-order valence-electron chi connectivity index (χ4n) is 2.70. The molecule has 1 heterocycles. The molecular formula is C21H16N2O2. The number of oxazole rings is 1. The summed E-state index contributed by atoms with van der Waals surface area (Å²) in [7, 11) is 0. The van der Waals surface area contributed by atoms with E-state index in [9.17, 15) is 4.79 Å². The van der Waals surface area contributed by atoms with Gasteiger partial charge in [-0.1, -0.05) is 48.5 Å². The van der Waals surface area contributed by atoms with Crippen LogP contribution in [0.1, 0.15) is 5.56 Å². The van der Waals surface area contributed by atoms with Crippen molar-refractivity contribution in [1.29, 1.82) is 0 Å². The average molecular weight is 328 g/mol. The van der Waals surface area contributed by atoms with Crippen molar-refractivity contribution in [3.8, 4) is 11.5 Å². The van der Waals surface area contributed by atoms with Crippen LogP contribution in [0.3, 0.4) is 0 Å². The summed E-state index contributed by atoms with van der Waals surface area (Å²) in [6.07, 6.45) is 0.340. The zero-order chi connectivity index (χ0) is 17.1. The summed E-state index contributed by atoms with van der Waals surface area (Å²) < 4.78 is 5.79. The number of amides is 1. The Morgan fingerprint density at radius 1 is 0.920 bits per heavy atom. The molecule has 4 aromatic rings. The van der Waals surface area contributed by atoms with Gasteiger partial charge in [0.25, 0.3) is 0 Å². The first kappa shape index (κ1) is 15.1. The number of nitrogens with zero attached hydrogens (tertiary/aromatic N) is 1. The van der Waals surface area contributed by atoms with Gasteiger partial charge in [0.15, 0.2) is 5.58 Å². The van der Waals surface area contributed by atoms with E-state index < -0.39 is 0 Å². The number of hydrogen-bond donors (Lipinski definition) is 1. The highest BCUT2D eigenvalue weighted by Crippen LogP contribution is 2.26. The van der Waals surface area contributed by atoms with E-state index in [-0.39, 0.29) is 5.91 Å². The second kappa shape index (κ2) is 6.61. The highest BCUT2D eigenvalue weighted by molar-refractivity contribution is 5.94. The lowest BCUT2D eigenvalue weighted by atomic mass is 10.1. The lowest BCUT2D eigenvalue weighted by Crippen LogP contribution is -2.14. The van der Waals surface area contributed by atoms with Crippen molar-refractivity contribution >= 4 is 22.7 Å². The smallest absolute Gasteiger partial charge is 0.228 e. The second-order valence-corrected chi connectivity index (χ2v) is 5.78. The van der Waals surface area contributed by atoms with Crippen LogP contribution in [-0.2, 0) is 11.2 Å². The van der Waals surface area contributed by atoms with Crippen molar-refractivity contribution in [1.82, 2.24) is 4.98 Å². The predicted octanol–water partition coefficient (Wildman–Crippen LogP) is 4.68. The van der Waals surface area contributed by atoms with Gasteiger partial charge in [0.2, 0.25) is 11.8 Å². The first-order valence-corrected chi connectivity index (χ1v) is 8.08. The Hall–Kier alpha value is -3.40. The molecule has 0 unspecified atom stereocenters. The van der Waals surface area contributed by atoms with Gasteiger partial charge in [0.05, 0.1) is 6.42 Å². The minimum atomic E-state index is -0.0580. The van der Waals surface area contributed by atoms with E-state index >= 15 is 0 Å². The number of rotatable bonds is 4. The van der Waals surface area contributed by atoms with E-state index in [4.69, 9.17) is 4.42 Å². The summed E-state index contributed by atoms with van der Waals surface area (Å²) in [5.74, 6) is 0.515. The number of anilines is 1. The van der Waals surface area contributed by atoms with Crippen LogP contribution in [0.25, 0.3) is 22.6 Å². The summed E-state index contributed by atoms with van der Waals surface area (Å²) in [5, 5.41) is 2.91. The molecule has 0 atom stereocenters. The van der Waals surface area contributed by atoms with Crippen LogP contribution >= 0.6 is 0 Å². The number of hydrogen-bond acceptors (Lipinski definition) is 3. The normalized spacial score (nSPS) is 10.7. The largest absolute Gasteiger partial charge is 0.436 e. The van der Waals surface area contributed by atoms with Crippen molar-refractivity contribution in [2.24, 2.45) is 0 Å². The van der Waals surface area contributed by atoms with Crippen molar-refractivity contribution in [2.45, 2.75) is 6.42 Å². The SMILES string of the molecule is O=C(Cc1ccccc1)Nc1ccc2oc(-c3ccccc3)nc2c1. The molecule has 4 rings (SSSR count). The van der Waals surface area contributed by atoms with Gasteiger partial charge in [-0.15, -0.1) is 0 Å². The summed E-state index contributed by atoms with van der Waals surface area (Å²) in [4.78, 5) is 16.7. The molecule has 0 saturated carbocycles. The van der Waals surface area contributed by atoms with E-state index in [1.54, 1.807) is 0 Å². The van der Waals surface area contributed by atoms with Gasteiger partial charge in [-0.05, 0) is 35.9 Å². The van der Waals surface area contributed by atoms with Gasteiger partial charge in [-0.3, -0.25) is 4.79 Å². The molecule has 1 amide bonds. The zero-order valence-electron chi connectivity index (χ0n) is 13.5. The summed E-state index contributed by atoms with van der Waals surface area (Å²) >= 11 is 0. The van der Waals surface area contributed by atoms with Crippen molar-refractivity contribution in [3.05, 3.63) is 84.4 Å². The van der Waals surface area contributed by atoms with Crippen LogP contribution in [0.5, 0.6) is 0 Å². The molecular weight excluding hydrogens is 312 g/mol. The van der Waals surface area contributed by atoms with Crippen LogP contribution < -0.4 is 5.32 Å². The summed E-state index contributed by atoms with van der Waals surface area (Å²) in [5.41, 5.74) is 4.03. The predicted molar refractivity (Wildman–Crippen MR) is 98.2 cm³/mol. The maximum Gasteiger partial charge on any atom is 0.228 e. The number of aromatic nitrogens is 1. The van der Waals surface area contributed by atoms with E-state index in [2.05, 4.69) is 10.3 Å². The van der Waals surface area contributed by atoms with Crippen molar-refractivity contribution < 1.29 is 9.21 Å². The fraction of sp³-hybridized carbons (Fsp3) is 0.0476. The topological polar surface area (TPSA) is 55.1 Å². The Morgan fingerprint density at radius 2 is 1.64 bits per heavy atom. The Morgan fingerprint density at radius 3 is 2.40 bits per heavy atom.